The smallest absolute Gasteiger partial charge is 0.257 e. The minimum absolute atomic E-state index is 0.0612. The Labute approximate surface area is 133 Å². The quantitative estimate of drug-likeness (QED) is 0.700. The zero-order chi connectivity index (χ0) is 15.7. The van der Waals surface area contributed by atoms with E-state index in [9.17, 15) is 4.79 Å². The predicted molar refractivity (Wildman–Crippen MR) is 84.8 cm³/mol. The molecule has 0 aromatic heterocycles. The molecule has 1 aromatic carbocycles. The van der Waals surface area contributed by atoms with Gasteiger partial charge in [0, 0.05) is 12.6 Å². The second-order valence-electron chi connectivity index (χ2n) is 4.65. The van der Waals surface area contributed by atoms with Crippen LogP contribution in [0, 0.1) is 11.3 Å². The Hall–Kier alpha value is -1.58. The Morgan fingerprint density at radius 2 is 2.33 bits per heavy atom. The molecule has 0 radical (unpaired) electrons. The molecule has 21 heavy (non-hydrogen) atoms. The first-order chi connectivity index (χ1) is 10.1. The fourth-order valence-electron chi connectivity index (χ4n) is 1.75. The van der Waals surface area contributed by atoms with Crippen LogP contribution in [-0.4, -0.2) is 25.1 Å². The van der Waals surface area contributed by atoms with Crippen molar-refractivity contribution in [2.75, 3.05) is 13.2 Å². The molecule has 5 nitrogen and oxygen atoms in total. The molecule has 0 saturated carbocycles. The highest BCUT2D eigenvalue weighted by molar-refractivity contribution is 9.10. The van der Waals surface area contributed by atoms with Crippen molar-refractivity contribution < 1.29 is 9.53 Å². The number of rotatable bonds is 8. The third kappa shape index (κ3) is 6.15. The maximum Gasteiger partial charge on any atom is 0.257 e. The first-order valence-corrected chi connectivity index (χ1v) is 7.67. The molecule has 0 bridgehead atoms. The number of amides is 1. The van der Waals surface area contributed by atoms with Gasteiger partial charge >= 0.3 is 0 Å². The van der Waals surface area contributed by atoms with Crippen LogP contribution in [0.4, 0.5) is 0 Å². The summed E-state index contributed by atoms with van der Waals surface area (Å²) in [4.78, 5) is 11.6. The van der Waals surface area contributed by atoms with Crippen LogP contribution < -0.4 is 15.8 Å². The first kappa shape index (κ1) is 17.5. The van der Waals surface area contributed by atoms with E-state index < -0.39 is 0 Å². The van der Waals surface area contributed by atoms with E-state index >= 15 is 0 Å². The molecule has 0 heterocycles. The molecule has 0 spiro atoms. The van der Waals surface area contributed by atoms with Crippen LogP contribution >= 0.6 is 15.9 Å². The SMILES string of the molecule is CCC(N)Cc1cccc(Br)c1OCC(=O)NCCC#N. The van der Waals surface area contributed by atoms with E-state index in [1.807, 2.05) is 31.2 Å². The van der Waals surface area contributed by atoms with Crippen LogP contribution in [0.3, 0.4) is 0 Å². The monoisotopic (exact) mass is 353 g/mol. The number of hydrogen-bond acceptors (Lipinski definition) is 4. The summed E-state index contributed by atoms with van der Waals surface area (Å²) in [5, 5.41) is 11.0. The highest BCUT2D eigenvalue weighted by atomic mass is 79.9. The summed E-state index contributed by atoms with van der Waals surface area (Å²) in [6.07, 6.45) is 1.86. The molecule has 1 aromatic rings. The minimum Gasteiger partial charge on any atom is -0.482 e. The number of hydrogen-bond donors (Lipinski definition) is 2. The third-order valence-corrected chi connectivity index (χ3v) is 3.59. The maximum absolute atomic E-state index is 11.6. The largest absolute Gasteiger partial charge is 0.482 e. The summed E-state index contributed by atoms with van der Waals surface area (Å²) in [6.45, 7) is 2.29. The Balaban J connectivity index is 2.65. The standard InChI is InChI=1S/C15H20BrN3O2/c1-2-12(18)9-11-5-3-6-13(16)15(11)21-10-14(20)19-8-4-7-17/h3,5-6,12H,2,4,8-10,18H2,1H3,(H,19,20). The van der Waals surface area contributed by atoms with Crippen LogP contribution in [0.25, 0.3) is 0 Å². The lowest BCUT2D eigenvalue weighted by molar-refractivity contribution is -0.123. The van der Waals surface area contributed by atoms with Crippen molar-refractivity contribution in [1.82, 2.24) is 5.32 Å². The molecule has 1 atom stereocenters. The lowest BCUT2D eigenvalue weighted by atomic mass is 10.0. The van der Waals surface area contributed by atoms with Crippen molar-refractivity contribution in [3.05, 3.63) is 28.2 Å². The number of carbonyl (C=O) groups is 1. The number of nitrogens with zero attached hydrogens (tertiary/aromatic N) is 1. The number of ether oxygens (including phenoxy) is 1. The molecule has 0 aliphatic rings. The van der Waals surface area contributed by atoms with Crippen LogP contribution in [0.15, 0.2) is 22.7 Å². The molecular formula is C15H20BrN3O2. The molecule has 3 N–H and O–H groups in total. The summed E-state index contributed by atoms with van der Waals surface area (Å²) in [5.74, 6) is 0.406. The van der Waals surface area contributed by atoms with E-state index in [0.29, 0.717) is 18.7 Å². The van der Waals surface area contributed by atoms with Gasteiger partial charge in [-0.3, -0.25) is 4.79 Å². The number of para-hydroxylation sites is 1. The highest BCUT2D eigenvalue weighted by Crippen LogP contribution is 2.30. The van der Waals surface area contributed by atoms with Gasteiger partial charge in [-0.05, 0) is 40.4 Å². The number of carbonyl (C=O) groups excluding carboxylic acids is 1. The number of nitrogens with one attached hydrogen (secondary N) is 1. The fraction of sp³-hybridized carbons (Fsp3) is 0.467. The van der Waals surface area contributed by atoms with Crippen molar-refractivity contribution in [2.24, 2.45) is 5.73 Å². The summed E-state index contributed by atoms with van der Waals surface area (Å²) in [7, 11) is 0. The van der Waals surface area contributed by atoms with Crippen LogP contribution in [0.5, 0.6) is 5.75 Å². The Morgan fingerprint density at radius 3 is 3.00 bits per heavy atom. The van der Waals surface area contributed by atoms with Gasteiger partial charge in [-0.1, -0.05) is 19.1 Å². The zero-order valence-corrected chi connectivity index (χ0v) is 13.6. The molecule has 0 saturated heterocycles. The summed E-state index contributed by atoms with van der Waals surface area (Å²) in [6, 6.07) is 7.76. The lowest BCUT2D eigenvalue weighted by Gasteiger charge is -2.15. The van der Waals surface area contributed by atoms with Gasteiger partial charge in [-0.25, -0.2) is 0 Å². The van der Waals surface area contributed by atoms with Gasteiger partial charge in [0.05, 0.1) is 17.0 Å². The number of nitriles is 1. The molecule has 0 aliphatic carbocycles. The molecule has 1 rings (SSSR count). The normalized spacial score (nSPS) is 11.5. The molecule has 0 fully saturated rings. The predicted octanol–water partition coefficient (Wildman–Crippen LogP) is 2.14. The van der Waals surface area contributed by atoms with Crippen LogP contribution in [0.1, 0.15) is 25.3 Å². The number of halogens is 1. The van der Waals surface area contributed by atoms with Gasteiger partial charge in [0.25, 0.3) is 5.91 Å². The van der Waals surface area contributed by atoms with Crippen molar-refractivity contribution >= 4 is 21.8 Å². The maximum atomic E-state index is 11.6. The summed E-state index contributed by atoms with van der Waals surface area (Å²) < 4.78 is 6.41. The van der Waals surface area contributed by atoms with Gasteiger partial charge < -0.3 is 15.8 Å². The number of benzene rings is 1. The highest BCUT2D eigenvalue weighted by Gasteiger charge is 2.12. The van der Waals surface area contributed by atoms with E-state index in [0.717, 1.165) is 16.5 Å². The van der Waals surface area contributed by atoms with Gasteiger partial charge in [0.15, 0.2) is 6.61 Å². The van der Waals surface area contributed by atoms with Crippen molar-refractivity contribution in [3.8, 4) is 11.8 Å². The first-order valence-electron chi connectivity index (χ1n) is 6.87. The Bertz CT molecular complexity index is 514. The molecular weight excluding hydrogens is 334 g/mol. The van der Waals surface area contributed by atoms with Gasteiger partial charge in [-0.2, -0.15) is 5.26 Å². The average molecular weight is 354 g/mol. The Morgan fingerprint density at radius 1 is 1.57 bits per heavy atom. The molecule has 114 valence electrons. The number of nitrogens with two attached hydrogens (primary N) is 1. The van der Waals surface area contributed by atoms with Crippen molar-refractivity contribution in [1.29, 1.82) is 5.26 Å². The molecule has 1 amide bonds. The van der Waals surface area contributed by atoms with Gasteiger partial charge in [0.1, 0.15) is 5.75 Å². The molecule has 0 aliphatic heterocycles. The van der Waals surface area contributed by atoms with Crippen molar-refractivity contribution in [2.45, 2.75) is 32.2 Å². The summed E-state index contributed by atoms with van der Waals surface area (Å²) in [5.41, 5.74) is 6.96. The van der Waals surface area contributed by atoms with E-state index in [1.54, 1.807) is 0 Å². The van der Waals surface area contributed by atoms with Gasteiger partial charge in [0.2, 0.25) is 0 Å². The van der Waals surface area contributed by atoms with E-state index in [1.165, 1.54) is 0 Å². The fourth-order valence-corrected chi connectivity index (χ4v) is 2.27. The lowest BCUT2D eigenvalue weighted by Crippen LogP contribution is -2.30. The van der Waals surface area contributed by atoms with Crippen LogP contribution in [0.2, 0.25) is 0 Å². The summed E-state index contributed by atoms with van der Waals surface area (Å²) >= 11 is 3.43. The van der Waals surface area contributed by atoms with Crippen molar-refractivity contribution in [3.63, 3.8) is 0 Å². The minimum atomic E-state index is -0.244. The second-order valence-corrected chi connectivity index (χ2v) is 5.50. The zero-order valence-electron chi connectivity index (χ0n) is 12.1. The van der Waals surface area contributed by atoms with Gasteiger partial charge in [-0.15, -0.1) is 0 Å². The average Bonchev–Trinajstić information content (AvgIpc) is 2.46. The third-order valence-electron chi connectivity index (χ3n) is 2.96. The Kier molecular flexibility index (Phi) is 7.80. The van der Waals surface area contributed by atoms with E-state index in [2.05, 4.69) is 21.2 Å². The van der Waals surface area contributed by atoms with E-state index in [-0.39, 0.29) is 25.0 Å². The topological polar surface area (TPSA) is 88.1 Å². The second kappa shape index (κ2) is 9.37. The molecule has 6 heteroatoms. The van der Waals surface area contributed by atoms with E-state index in [4.69, 9.17) is 15.7 Å². The molecule has 1 unspecified atom stereocenters. The van der Waals surface area contributed by atoms with Crippen LogP contribution in [-0.2, 0) is 11.2 Å².